The van der Waals surface area contributed by atoms with E-state index < -0.39 is 10.0 Å². The lowest BCUT2D eigenvalue weighted by Crippen LogP contribution is -2.44. The second-order valence-corrected chi connectivity index (χ2v) is 8.28. The van der Waals surface area contributed by atoms with Crippen LogP contribution in [-0.4, -0.2) is 58.8 Å². The first-order valence-corrected chi connectivity index (χ1v) is 9.39. The molecule has 1 fully saturated rings. The summed E-state index contributed by atoms with van der Waals surface area (Å²) >= 11 is 0. The second kappa shape index (κ2) is 8.32. The SMILES string of the molecule is CCCNCCCS(=O)(=O)NCC1(C)CCN(C)CC1. The van der Waals surface area contributed by atoms with Gasteiger partial charge in [0.15, 0.2) is 0 Å². The van der Waals surface area contributed by atoms with E-state index in [-0.39, 0.29) is 11.2 Å². The van der Waals surface area contributed by atoms with E-state index in [4.69, 9.17) is 0 Å². The number of nitrogens with one attached hydrogen (secondary N) is 2. The number of nitrogens with zero attached hydrogens (tertiary/aromatic N) is 1. The number of likely N-dealkylation sites (tertiary alicyclic amines) is 1. The summed E-state index contributed by atoms with van der Waals surface area (Å²) in [7, 11) is -1.01. The van der Waals surface area contributed by atoms with Gasteiger partial charge in [0.2, 0.25) is 10.0 Å². The maximum absolute atomic E-state index is 12.0. The van der Waals surface area contributed by atoms with Crippen molar-refractivity contribution < 1.29 is 8.42 Å². The van der Waals surface area contributed by atoms with Gasteiger partial charge in [-0.1, -0.05) is 13.8 Å². The van der Waals surface area contributed by atoms with Gasteiger partial charge in [-0.25, -0.2) is 13.1 Å². The van der Waals surface area contributed by atoms with Crippen molar-refractivity contribution in [2.75, 3.05) is 45.5 Å². The largest absolute Gasteiger partial charge is 0.317 e. The van der Waals surface area contributed by atoms with E-state index in [0.29, 0.717) is 13.0 Å². The van der Waals surface area contributed by atoms with Crippen molar-refractivity contribution in [2.45, 2.75) is 39.5 Å². The summed E-state index contributed by atoms with van der Waals surface area (Å²) in [6, 6.07) is 0. The minimum absolute atomic E-state index is 0.111. The summed E-state index contributed by atoms with van der Waals surface area (Å²) in [5.41, 5.74) is 0.111. The first kappa shape index (κ1) is 17.9. The van der Waals surface area contributed by atoms with E-state index in [9.17, 15) is 8.42 Å². The van der Waals surface area contributed by atoms with E-state index in [0.717, 1.165) is 45.4 Å². The van der Waals surface area contributed by atoms with E-state index in [1.54, 1.807) is 0 Å². The fourth-order valence-corrected chi connectivity index (χ4v) is 3.62. The minimum atomic E-state index is -3.12. The number of piperidine rings is 1. The lowest BCUT2D eigenvalue weighted by molar-refractivity contribution is 0.143. The van der Waals surface area contributed by atoms with Crippen LogP contribution in [0, 0.1) is 5.41 Å². The Morgan fingerprint density at radius 2 is 1.85 bits per heavy atom. The molecular formula is C14H31N3O2S. The first-order valence-electron chi connectivity index (χ1n) is 7.73. The maximum atomic E-state index is 12.0. The molecule has 1 aliphatic heterocycles. The highest BCUT2D eigenvalue weighted by Gasteiger charge is 2.29. The highest BCUT2D eigenvalue weighted by molar-refractivity contribution is 7.89. The number of rotatable bonds is 9. The normalized spacial score (nSPS) is 20.1. The second-order valence-electron chi connectivity index (χ2n) is 6.36. The molecule has 120 valence electrons. The Bertz CT molecular complexity index is 363. The Kier molecular flexibility index (Phi) is 7.43. The van der Waals surface area contributed by atoms with Gasteiger partial charge in [-0.05, 0) is 64.3 Å². The van der Waals surface area contributed by atoms with Crippen LogP contribution in [0.5, 0.6) is 0 Å². The van der Waals surface area contributed by atoms with E-state index in [2.05, 4.69) is 35.8 Å². The Morgan fingerprint density at radius 1 is 1.20 bits per heavy atom. The molecule has 0 saturated carbocycles. The molecule has 0 radical (unpaired) electrons. The summed E-state index contributed by atoms with van der Waals surface area (Å²) in [6.07, 6.45) is 3.88. The van der Waals surface area contributed by atoms with Crippen LogP contribution in [0.4, 0.5) is 0 Å². The molecule has 0 aromatic carbocycles. The topological polar surface area (TPSA) is 61.4 Å². The fourth-order valence-electron chi connectivity index (χ4n) is 2.38. The number of sulfonamides is 1. The third kappa shape index (κ3) is 7.02. The highest BCUT2D eigenvalue weighted by atomic mass is 32.2. The lowest BCUT2D eigenvalue weighted by Gasteiger charge is -2.37. The molecule has 0 spiro atoms. The third-order valence-electron chi connectivity index (χ3n) is 4.11. The predicted molar refractivity (Wildman–Crippen MR) is 84.4 cm³/mol. The van der Waals surface area contributed by atoms with Gasteiger partial charge in [-0.15, -0.1) is 0 Å². The van der Waals surface area contributed by atoms with Crippen molar-refractivity contribution >= 4 is 10.0 Å². The van der Waals surface area contributed by atoms with E-state index >= 15 is 0 Å². The van der Waals surface area contributed by atoms with Crippen molar-refractivity contribution in [3.05, 3.63) is 0 Å². The zero-order valence-corrected chi connectivity index (χ0v) is 14.1. The van der Waals surface area contributed by atoms with Crippen molar-refractivity contribution in [3.63, 3.8) is 0 Å². The average Bonchev–Trinajstić information content (AvgIpc) is 2.40. The van der Waals surface area contributed by atoms with Gasteiger partial charge in [0, 0.05) is 6.54 Å². The molecule has 1 heterocycles. The van der Waals surface area contributed by atoms with Crippen LogP contribution in [0.15, 0.2) is 0 Å². The molecule has 0 bridgehead atoms. The molecule has 1 rings (SSSR count). The monoisotopic (exact) mass is 305 g/mol. The van der Waals surface area contributed by atoms with Crippen molar-refractivity contribution in [3.8, 4) is 0 Å². The smallest absolute Gasteiger partial charge is 0.211 e. The van der Waals surface area contributed by atoms with Gasteiger partial charge in [-0.2, -0.15) is 0 Å². The first-order chi connectivity index (χ1) is 9.37. The summed E-state index contributed by atoms with van der Waals surface area (Å²) in [5.74, 6) is 0.222. The van der Waals surface area contributed by atoms with Gasteiger partial charge < -0.3 is 10.2 Å². The third-order valence-corrected chi connectivity index (χ3v) is 5.52. The van der Waals surface area contributed by atoms with Crippen LogP contribution in [0.25, 0.3) is 0 Å². The quantitative estimate of drug-likeness (QED) is 0.625. The molecular weight excluding hydrogens is 274 g/mol. The molecule has 2 N–H and O–H groups in total. The Labute approximate surface area is 124 Å². The van der Waals surface area contributed by atoms with Crippen LogP contribution in [0.1, 0.15) is 39.5 Å². The van der Waals surface area contributed by atoms with Gasteiger partial charge in [0.1, 0.15) is 0 Å². The van der Waals surface area contributed by atoms with Crippen LogP contribution in [0.3, 0.4) is 0 Å². The van der Waals surface area contributed by atoms with Crippen molar-refractivity contribution in [1.29, 1.82) is 0 Å². The minimum Gasteiger partial charge on any atom is -0.317 e. The van der Waals surface area contributed by atoms with E-state index in [1.165, 1.54) is 0 Å². The van der Waals surface area contributed by atoms with Gasteiger partial charge >= 0.3 is 0 Å². The zero-order chi connectivity index (χ0) is 15.1. The standard InChI is InChI=1S/C14H31N3O2S/c1-4-8-15-9-5-12-20(18,19)16-13-14(2)6-10-17(3)11-7-14/h15-16H,4-13H2,1-3H3. The number of hydrogen-bond donors (Lipinski definition) is 2. The average molecular weight is 305 g/mol. The molecule has 6 heteroatoms. The van der Waals surface area contributed by atoms with E-state index in [1.807, 2.05) is 0 Å². The molecule has 0 unspecified atom stereocenters. The van der Waals surface area contributed by atoms with Crippen molar-refractivity contribution in [1.82, 2.24) is 14.9 Å². The van der Waals surface area contributed by atoms with Gasteiger partial charge in [0.05, 0.1) is 5.75 Å². The molecule has 0 atom stereocenters. The number of hydrogen-bond acceptors (Lipinski definition) is 4. The summed E-state index contributed by atoms with van der Waals surface area (Å²) in [6.45, 7) is 8.71. The Hall–Kier alpha value is -0.170. The Balaban J connectivity index is 2.25. The molecule has 0 aromatic heterocycles. The van der Waals surface area contributed by atoms with Gasteiger partial charge in [-0.3, -0.25) is 0 Å². The molecule has 1 aliphatic rings. The van der Waals surface area contributed by atoms with Crippen LogP contribution < -0.4 is 10.0 Å². The van der Waals surface area contributed by atoms with Crippen LogP contribution in [0.2, 0.25) is 0 Å². The molecule has 5 nitrogen and oxygen atoms in total. The molecule has 0 aliphatic carbocycles. The molecule has 0 amide bonds. The lowest BCUT2D eigenvalue weighted by atomic mass is 9.81. The molecule has 20 heavy (non-hydrogen) atoms. The van der Waals surface area contributed by atoms with Crippen LogP contribution in [-0.2, 0) is 10.0 Å². The Morgan fingerprint density at radius 3 is 2.45 bits per heavy atom. The van der Waals surface area contributed by atoms with Crippen LogP contribution >= 0.6 is 0 Å². The molecule has 0 aromatic rings. The van der Waals surface area contributed by atoms with Gasteiger partial charge in [0.25, 0.3) is 0 Å². The summed E-state index contributed by atoms with van der Waals surface area (Å²) < 4.78 is 26.7. The predicted octanol–water partition coefficient (Wildman–Crippen LogP) is 1.03. The van der Waals surface area contributed by atoms with Crippen molar-refractivity contribution in [2.24, 2.45) is 5.41 Å². The molecule has 1 saturated heterocycles. The summed E-state index contributed by atoms with van der Waals surface area (Å²) in [4.78, 5) is 2.30. The fraction of sp³-hybridized carbons (Fsp3) is 1.00. The zero-order valence-electron chi connectivity index (χ0n) is 13.2. The maximum Gasteiger partial charge on any atom is 0.211 e. The summed E-state index contributed by atoms with van der Waals surface area (Å²) in [5, 5.41) is 3.23. The highest BCUT2D eigenvalue weighted by Crippen LogP contribution is 2.29.